The van der Waals surface area contributed by atoms with Crippen LogP contribution in [0, 0.1) is 0 Å². The summed E-state index contributed by atoms with van der Waals surface area (Å²) in [6, 6.07) is 17.6. The third-order valence-corrected chi connectivity index (χ3v) is 3.24. The number of benzene rings is 2. The number of rotatable bonds is 5. The molecule has 1 aliphatic heterocycles. The number of methoxy groups -OCH3 is 1. The Morgan fingerprint density at radius 3 is 2.48 bits per heavy atom. The molecule has 0 amide bonds. The normalized spacial score (nSPS) is 13.6. The molecule has 2 aromatic rings. The van der Waals surface area contributed by atoms with Crippen molar-refractivity contribution in [1.82, 2.24) is 5.43 Å². The molecule has 1 heterocycles. The van der Waals surface area contributed by atoms with Crippen LogP contribution in [0.2, 0.25) is 0 Å². The van der Waals surface area contributed by atoms with Crippen LogP contribution in [0.25, 0.3) is 0 Å². The van der Waals surface area contributed by atoms with Crippen molar-refractivity contribution in [2.24, 2.45) is 5.10 Å². The summed E-state index contributed by atoms with van der Waals surface area (Å²) in [5.74, 6) is 2.46. The summed E-state index contributed by atoms with van der Waals surface area (Å²) < 4.78 is 10.9. The lowest BCUT2D eigenvalue weighted by Gasteiger charge is -2.19. The van der Waals surface area contributed by atoms with Crippen molar-refractivity contribution in [1.29, 1.82) is 0 Å². The molecule has 0 atom stereocenters. The number of para-hydroxylation sites is 1. The quantitative estimate of drug-likeness (QED) is 0.915. The number of ether oxygens (including phenoxy) is 2. The minimum atomic E-state index is 0.411. The second kappa shape index (κ2) is 6.17. The highest BCUT2D eigenvalue weighted by molar-refractivity contribution is 5.99. The van der Waals surface area contributed by atoms with Gasteiger partial charge in [0.2, 0.25) is 0 Å². The highest BCUT2D eigenvalue weighted by Crippen LogP contribution is 2.19. The molecular weight excluding hydrogens is 266 g/mol. The lowest BCUT2D eigenvalue weighted by molar-refractivity contribution is 0.372. The molecule has 5 heteroatoms. The standard InChI is InChI=1S/C16H17N3O2/c1-20-14-7-9-15(10-8-14)21-11-16-18-17-12-19(16)13-5-3-2-4-6-13/h2-10,17H,11-12H2,1H3. The zero-order valence-corrected chi connectivity index (χ0v) is 11.8. The number of amidine groups is 1. The molecule has 0 aromatic heterocycles. The van der Waals surface area contributed by atoms with Crippen molar-refractivity contribution in [3.63, 3.8) is 0 Å². The van der Waals surface area contributed by atoms with Crippen molar-refractivity contribution in [3.8, 4) is 11.5 Å². The smallest absolute Gasteiger partial charge is 0.168 e. The van der Waals surface area contributed by atoms with Crippen LogP contribution in [0.1, 0.15) is 0 Å². The molecule has 0 aliphatic carbocycles. The molecule has 0 unspecified atom stereocenters. The Kier molecular flexibility index (Phi) is 3.91. The first-order chi connectivity index (χ1) is 10.4. The Labute approximate surface area is 123 Å². The summed E-state index contributed by atoms with van der Waals surface area (Å²) in [4.78, 5) is 2.09. The van der Waals surface area contributed by atoms with E-state index in [-0.39, 0.29) is 0 Å². The Balaban J connectivity index is 1.64. The van der Waals surface area contributed by atoms with Crippen LogP contribution >= 0.6 is 0 Å². The fourth-order valence-corrected chi connectivity index (χ4v) is 2.13. The lowest BCUT2D eigenvalue weighted by Crippen LogP contribution is -2.32. The van der Waals surface area contributed by atoms with Gasteiger partial charge < -0.3 is 14.4 Å². The third-order valence-electron chi connectivity index (χ3n) is 3.24. The van der Waals surface area contributed by atoms with Gasteiger partial charge in [0.25, 0.3) is 0 Å². The Hall–Kier alpha value is -2.69. The number of nitrogens with one attached hydrogen (secondary N) is 1. The Bertz CT molecular complexity index is 611. The van der Waals surface area contributed by atoms with Gasteiger partial charge in [-0.15, -0.1) is 0 Å². The predicted octanol–water partition coefficient (Wildman–Crippen LogP) is 2.45. The number of nitrogens with zero attached hydrogens (tertiary/aromatic N) is 2. The van der Waals surface area contributed by atoms with Crippen LogP contribution in [-0.4, -0.2) is 26.2 Å². The van der Waals surface area contributed by atoms with E-state index in [9.17, 15) is 0 Å². The summed E-state index contributed by atoms with van der Waals surface area (Å²) >= 11 is 0. The maximum absolute atomic E-state index is 5.77. The summed E-state index contributed by atoms with van der Waals surface area (Å²) in [5, 5.41) is 4.29. The zero-order valence-electron chi connectivity index (χ0n) is 11.8. The van der Waals surface area contributed by atoms with Gasteiger partial charge in [-0.25, -0.2) is 0 Å². The van der Waals surface area contributed by atoms with Crippen molar-refractivity contribution >= 4 is 11.5 Å². The molecule has 5 nitrogen and oxygen atoms in total. The van der Waals surface area contributed by atoms with E-state index in [1.807, 2.05) is 42.5 Å². The lowest BCUT2D eigenvalue weighted by atomic mass is 10.3. The minimum absolute atomic E-state index is 0.411. The Morgan fingerprint density at radius 1 is 1.05 bits per heavy atom. The Morgan fingerprint density at radius 2 is 1.76 bits per heavy atom. The van der Waals surface area contributed by atoms with Gasteiger partial charge in [0.05, 0.1) is 7.11 Å². The topological polar surface area (TPSA) is 46.1 Å². The van der Waals surface area contributed by atoms with Crippen LogP contribution in [0.5, 0.6) is 11.5 Å². The van der Waals surface area contributed by atoms with E-state index in [1.54, 1.807) is 7.11 Å². The summed E-state index contributed by atoms with van der Waals surface area (Å²) in [5.41, 5.74) is 4.09. The minimum Gasteiger partial charge on any atom is -0.497 e. The second-order valence-corrected chi connectivity index (χ2v) is 4.57. The monoisotopic (exact) mass is 283 g/mol. The van der Waals surface area contributed by atoms with Gasteiger partial charge >= 0.3 is 0 Å². The average molecular weight is 283 g/mol. The number of hydrogen-bond donors (Lipinski definition) is 1. The van der Waals surface area contributed by atoms with Gasteiger partial charge in [0, 0.05) is 5.69 Å². The van der Waals surface area contributed by atoms with Gasteiger partial charge in [0.15, 0.2) is 5.84 Å². The molecule has 0 bridgehead atoms. The second-order valence-electron chi connectivity index (χ2n) is 4.57. The molecule has 0 radical (unpaired) electrons. The van der Waals surface area contributed by atoms with E-state index in [1.165, 1.54) is 0 Å². The molecule has 0 saturated heterocycles. The van der Waals surface area contributed by atoms with Crippen LogP contribution in [-0.2, 0) is 0 Å². The highest BCUT2D eigenvalue weighted by Gasteiger charge is 2.18. The molecule has 1 aliphatic rings. The van der Waals surface area contributed by atoms with Crippen LogP contribution in [0.4, 0.5) is 5.69 Å². The van der Waals surface area contributed by atoms with E-state index >= 15 is 0 Å². The highest BCUT2D eigenvalue weighted by atomic mass is 16.5. The zero-order chi connectivity index (χ0) is 14.5. The average Bonchev–Trinajstić information content (AvgIpc) is 3.03. The van der Waals surface area contributed by atoms with Crippen LogP contribution in [0.15, 0.2) is 59.7 Å². The first-order valence-corrected chi connectivity index (χ1v) is 6.75. The van der Waals surface area contributed by atoms with Crippen LogP contribution < -0.4 is 19.8 Å². The molecule has 21 heavy (non-hydrogen) atoms. The molecule has 2 aromatic carbocycles. The molecule has 0 saturated carbocycles. The van der Waals surface area contributed by atoms with Crippen molar-refractivity contribution in [3.05, 3.63) is 54.6 Å². The molecule has 0 fully saturated rings. The van der Waals surface area contributed by atoms with Crippen LogP contribution in [0.3, 0.4) is 0 Å². The van der Waals surface area contributed by atoms with E-state index in [2.05, 4.69) is 27.6 Å². The number of anilines is 1. The van der Waals surface area contributed by atoms with E-state index < -0.39 is 0 Å². The van der Waals surface area contributed by atoms with Crippen molar-refractivity contribution in [2.45, 2.75) is 0 Å². The fraction of sp³-hybridized carbons (Fsp3) is 0.188. The molecule has 108 valence electrons. The maximum Gasteiger partial charge on any atom is 0.168 e. The summed E-state index contributed by atoms with van der Waals surface area (Å²) in [6.07, 6.45) is 0. The number of hydrogen-bond acceptors (Lipinski definition) is 5. The number of hydrazone groups is 1. The summed E-state index contributed by atoms with van der Waals surface area (Å²) in [7, 11) is 1.65. The molecular formula is C16H17N3O2. The molecule has 0 spiro atoms. The SMILES string of the molecule is COc1ccc(OCC2=NNCN2c2ccccc2)cc1. The first kappa shape index (κ1) is 13.3. The van der Waals surface area contributed by atoms with E-state index in [0.29, 0.717) is 13.3 Å². The van der Waals surface area contributed by atoms with Gasteiger partial charge in [-0.1, -0.05) is 18.2 Å². The fourth-order valence-electron chi connectivity index (χ4n) is 2.13. The maximum atomic E-state index is 5.77. The first-order valence-electron chi connectivity index (χ1n) is 6.75. The largest absolute Gasteiger partial charge is 0.497 e. The predicted molar refractivity (Wildman–Crippen MR) is 82.8 cm³/mol. The van der Waals surface area contributed by atoms with Crippen molar-refractivity contribution < 1.29 is 9.47 Å². The van der Waals surface area contributed by atoms with Gasteiger partial charge in [-0.2, -0.15) is 5.10 Å². The molecule has 3 rings (SSSR count). The van der Waals surface area contributed by atoms with Crippen molar-refractivity contribution in [2.75, 3.05) is 25.3 Å². The van der Waals surface area contributed by atoms with Gasteiger partial charge in [0.1, 0.15) is 24.8 Å². The van der Waals surface area contributed by atoms with Gasteiger partial charge in [-0.3, -0.25) is 5.43 Å². The molecule has 1 N–H and O–H groups in total. The summed E-state index contributed by atoms with van der Waals surface area (Å²) in [6.45, 7) is 1.07. The van der Waals surface area contributed by atoms with Gasteiger partial charge in [-0.05, 0) is 36.4 Å². The van der Waals surface area contributed by atoms with E-state index in [0.717, 1.165) is 23.0 Å². The third kappa shape index (κ3) is 3.08. The van der Waals surface area contributed by atoms with E-state index in [4.69, 9.17) is 9.47 Å².